The lowest BCUT2D eigenvalue weighted by molar-refractivity contribution is -0.117. The van der Waals surface area contributed by atoms with Gasteiger partial charge in [0.25, 0.3) is 15.0 Å². The summed E-state index contributed by atoms with van der Waals surface area (Å²) in [5.74, 6) is -0.120. The van der Waals surface area contributed by atoms with E-state index in [1.165, 1.54) is 31.5 Å². The predicted molar refractivity (Wildman–Crippen MR) is 128 cm³/mol. The first-order valence-electron chi connectivity index (χ1n) is 10.9. The van der Waals surface area contributed by atoms with Crippen LogP contribution in [-0.4, -0.2) is 78.4 Å². The molecule has 13 heteroatoms. The fourth-order valence-electron chi connectivity index (χ4n) is 3.30. The third kappa shape index (κ3) is 5.70. The molecule has 0 saturated carbocycles. The molecule has 4 heterocycles. The van der Waals surface area contributed by atoms with Crippen molar-refractivity contribution < 1.29 is 17.9 Å². The number of sulfone groups is 1. The maximum Gasteiger partial charge on any atom is 0.259 e. The number of piperazine rings is 1. The maximum atomic E-state index is 13.3. The lowest BCUT2D eigenvalue weighted by Crippen LogP contribution is -2.44. The van der Waals surface area contributed by atoms with Gasteiger partial charge in [-0.3, -0.25) is 4.79 Å². The average molecular weight is 499 g/mol. The topological polar surface area (TPSA) is 157 Å². The van der Waals surface area contributed by atoms with Crippen LogP contribution in [0.25, 0.3) is 0 Å². The van der Waals surface area contributed by atoms with Crippen LogP contribution in [0.5, 0.6) is 11.8 Å². The van der Waals surface area contributed by atoms with Crippen LogP contribution in [0.2, 0.25) is 0 Å². The molecule has 1 fully saturated rings. The van der Waals surface area contributed by atoms with Crippen molar-refractivity contribution in [2.24, 2.45) is 5.73 Å². The quantitative estimate of drug-likeness (QED) is 0.447. The van der Waals surface area contributed by atoms with Crippen molar-refractivity contribution in [3.63, 3.8) is 0 Å². The Hall–Kier alpha value is -3.68. The van der Waals surface area contributed by atoms with Gasteiger partial charge in [0.1, 0.15) is 5.69 Å². The molecule has 1 aliphatic rings. The van der Waals surface area contributed by atoms with Crippen molar-refractivity contribution in [3.05, 3.63) is 48.9 Å². The van der Waals surface area contributed by atoms with Crippen LogP contribution in [0.1, 0.15) is 6.92 Å². The number of nitrogens with one attached hydrogen (secondary N) is 1. The Kier molecular flexibility index (Phi) is 7.19. The fourth-order valence-corrected chi connectivity index (χ4v) is 4.37. The Labute approximate surface area is 203 Å². The normalized spacial score (nSPS) is 15.5. The monoisotopic (exact) mass is 498 g/mol. The molecule has 184 valence electrons. The first-order valence-corrected chi connectivity index (χ1v) is 12.4. The summed E-state index contributed by atoms with van der Waals surface area (Å²) in [4.78, 5) is 32.7. The second kappa shape index (κ2) is 10.3. The van der Waals surface area contributed by atoms with E-state index in [2.05, 4.69) is 30.2 Å². The highest BCUT2D eigenvalue weighted by molar-refractivity contribution is 7.91. The zero-order chi connectivity index (χ0) is 25.0. The molecular formula is C22H26N8O4S. The van der Waals surface area contributed by atoms with Gasteiger partial charge in [-0.15, -0.1) is 0 Å². The summed E-state index contributed by atoms with van der Waals surface area (Å²) in [6.07, 6.45) is 4.27. The van der Waals surface area contributed by atoms with Crippen LogP contribution in [0.3, 0.4) is 0 Å². The number of carbonyl (C=O) groups excluding carboxylic acids is 1. The molecule has 1 unspecified atom stereocenters. The lowest BCUT2D eigenvalue weighted by atomic mass is 10.3. The molecule has 3 N–H and O–H groups in total. The minimum Gasteiger partial charge on any atom is -0.418 e. The number of nitrogens with two attached hydrogens (primary N) is 1. The molecule has 1 saturated heterocycles. The minimum atomic E-state index is -4.23. The zero-order valence-corrected chi connectivity index (χ0v) is 20.1. The van der Waals surface area contributed by atoms with Crippen LogP contribution < -0.4 is 20.7 Å². The van der Waals surface area contributed by atoms with Gasteiger partial charge in [-0.1, -0.05) is 6.07 Å². The molecular weight excluding hydrogens is 472 g/mol. The molecule has 3 aromatic heterocycles. The Bertz CT molecular complexity index is 1300. The number of likely N-dealkylation sites (N-methyl/N-ethyl adjacent to an activating group) is 1. The Balaban J connectivity index is 1.70. The van der Waals surface area contributed by atoms with E-state index >= 15 is 0 Å². The van der Waals surface area contributed by atoms with Crippen molar-refractivity contribution in [2.75, 3.05) is 43.4 Å². The number of hydrogen-bond donors (Lipinski definition) is 2. The second-order valence-corrected chi connectivity index (χ2v) is 9.86. The van der Waals surface area contributed by atoms with Gasteiger partial charge in [-0.05, 0) is 32.2 Å². The second-order valence-electron chi connectivity index (χ2n) is 8.07. The van der Waals surface area contributed by atoms with Gasteiger partial charge in [0.15, 0.2) is 5.03 Å². The van der Waals surface area contributed by atoms with Gasteiger partial charge in [-0.2, -0.15) is 4.98 Å². The summed E-state index contributed by atoms with van der Waals surface area (Å²) in [6.45, 7) is 4.58. The SMILES string of the molecule is CC(N)C(=O)Nc1ccnc(S(=O)(=O)c2ncc(N3CCN(C)CC3)c(Oc3ccccn3)n2)c1. The summed E-state index contributed by atoms with van der Waals surface area (Å²) >= 11 is 0. The van der Waals surface area contributed by atoms with Gasteiger partial charge in [0.05, 0.1) is 12.2 Å². The molecule has 12 nitrogen and oxygen atoms in total. The van der Waals surface area contributed by atoms with E-state index < -0.39 is 26.9 Å². The summed E-state index contributed by atoms with van der Waals surface area (Å²) in [5, 5.41) is 1.75. The number of carbonyl (C=O) groups is 1. The number of pyridine rings is 2. The molecule has 1 aliphatic heterocycles. The summed E-state index contributed by atoms with van der Waals surface area (Å²) < 4.78 is 32.5. The molecule has 0 aromatic carbocycles. The maximum absolute atomic E-state index is 13.3. The van der Waals surface area contributed by atoms with E-state index in [0.717, 1.165) is 13.1 Å². The van der Waals surface area contributed by atoms with Crippen LogP contribution in [-0.2, 0) is 14.6 Å². The Morgan fingerprint density at radius 1 is 1.11 bits per heavy atom. The molecule has 0 bridgehead atoms. The van der Waals surface area contributed by atoms with Crippen LogP contribution >= 0.6 is 0 Å². The average Bonchev–Trinajstić information content (AvgIpc) is 2.85. The molecule has 1 atom stereocenters. The number of rotatable bonds is 7. The third-order valence-corrected chi connectivity index (χ3v) is 6.78. The number of amides is 1. The van der Waals surface area contributed by atoms with Gasteiger partial charge < -0.3 is 25.6 Å². The van der Waals surface area contributed by atoms with Crippen molar-refractivity contribution >= 4 is 27.1 Å². The van der Waals surface area contributed by atoms with Crippen molar-refractivity contribution in [3.8, 4) is 11.8 Å². The highest BCUT2D eigenvalue weighted by Gasteiger charge is 2.28. The molecule has 1 amide bonds. The fraction of sp³-hybridized carbons (Fsp3) is 0.318. The van der Waals surface area contributed by atoms with Gasteiger partial charge in [-0.25, -0.2) is 23.4 Å². The lowest BCUT2D eigenvalue weighted by Gasteiger charge is -2.34. The smallest absolute Gasteiger partial charge is 0.259 e. The first-order chi connectivity index (χ1) is 16.7. The van der Waals surface area contributed by atoms with E-state index in [1.54, 1.807) is 24.4 Å². The van der Waals surface area contributed by atoms with Gasteiger partial charge in [0, 0.05) is 50.3 Å². The van der Waals surface area contributed by atoms with E-state index in [9.17, 15) is 13.2 Å². The number of aromatic nitrogens is 4. The number of nitrogens with zero attached hydrogens (tertiary/aromatic N) is 6. The minimum absolute atomic E-state index is 0.0724. The number of anilines is 2. The van der Waals surface area contributed by atoms with E-state index in [-0.39, 0.29) is 22.5 Å². The van der Waals surface area contributed by atoms with Gasteiger partial charge in [0.2, 0.25) is 17.7 Å². The van der Waals surface area contributed by atoms with Crippen molar-refractivity contribution in [1.29, 1.82) is 0 Å². The molecule has 4 rings (SSSR count). The standard InChI is InChI=1S/C22H26N8O4S/c1-15(23)20(31)27-16-6-8-25-19(13-16)35(32,33)22-26-14-17(30-11-9-29(2)10-12-30)21(28-22)34-18-5-3-4-7-24-18/h3-8,13-15H,9-12,23H2,1-2H3,(H,25,27,31). The summed E-state index contributed by atoms with van der Waals surface area (Å²) in [6, 6.07) is 7.07. The highest BCUT2D eigenvalue weighted by Crippen LogP contribution is 2.31. The third-order valence-electron chi connectivity index (χ3n) is 5.33. The van der Waals surface area contributed by atoms with E-state index in [1.807, 2.05) is 11.9 Å². The van der Waals surface area contributed by atoms with E-state index in [4.69, 9.17) is 10.5 Å². The Morgan fingerprint density at radius 2 is 1.89 bits per heavy atom. The Morgan fingerprint density at radius 3 is 2.57 bits per heavy atom. The summed E-state index contributed by atoms with van der Waals surface area (Å²) in [5.41, 5.74) is 6.37. The molecule has 0 aliphatic carbocycles. The van der Waals surface area contributed by atoms with Crippen molar-refractivity contribution in [1.82, 2.24) is 24.8 Å². The molecule has 35 heavy (non-hydrogen) atoms. The largest absolute Gasteiger partial charge is 0.418 e. The molecule has 3 aromatic rings. The van der Waals surface area contributed by atoms with Crippen LogP contribution in [0.15, 0.2) is 59.1 Å². The van der Waals surface area contributed by atoms with E-state index in [0.29, 0.717) is 18.8 Å². The van der Waals surface area contributed by atoms with Crippen LogP contribution in [0.4, 0.5) is 11.4 Å². The van der Waals surface area contributed by atoms with Crippen LogP contribution in [0, 0.1) is 0 Å². The predicted octanol–water partition coefficient (Wildman–Crippen LogP) is 0.929. The number of hydrogen-bond acceptors (Lipinski definition) is 11. The number of ether oxygens (including phenoxy) is 1. The molecule has 0 radical (unpaired) electrons. The first kappa shape index (κ1) is 24.4. The zero-order valence-electron chi connectivity index (χ0n) is 19.3. The molecule has 0 spiro atoms. The summed E-state index contributed by atoms with van der Waals surface area (Å²) in [7, 11) is -2.20. The highest BCUT2D eigenvalue weighted by atomic mass is 32.2. The van der Waals surface area contributed by atoms with Crippen molar-refractivity contribution in [2.45, 2.75) is 23.1 Å². The van der Waals surface area contributed by atoms with Gasteiger partial charge >= 0.3 is 0 Å².